The summed E-state index contributed by atoms with van der Waals surface area (Å²) in [6, 6.07) is 32.0. The lowest BCUT2D eigenvalue weighted by molar-refractivity contribution is -0.117. The van der Waals surface area contributed by atoms with Gasteiger partial charge in [0.05, 0.1) is 0 Å². The Morgan fingerprint density at radius 2 is 1.00 bits per heavy atom. The van der Waals surface area contributed by atoms with Crippen LogP contribution in [0.4, 0.5) is 11.4 Å². The maximum absolute atomic E-state index is 13.7. The third-order valence-corrected chi connectivity index (χ3v) is 11.6. The first-order chi connectivity index (χ1) is 29.7. The van der Waals surface area contributed by atoms with Gasteiger partial charge in [-0.25, -0.2) is 9.97 Å². The van der Waals surface area contributed by atoms with Crippen molar-refractivity contribution in [2.24, 2.45) is 0 Å². The summed E-state index contributed by atoms with van der Waals surface area (Å²) in [4.78, 5) is 65.8. The van der Waals surface area contributed by atoms with Crippen molar-refractivity contribution in [3.05, 3.63) is 131 Å². The van der Waals surface area contributed by atoms with Crippen LogP contribution in [-0.2, 0) is 9.59 Å². The number of hydrogen-bond acceptors (Lipinski definition) is 9. The molecule has 2 aliphatic rings. The van der Waals surface area contributed by atoms with E-state index in [1.807, 2.05) is 48.5 Å². The van der Waals surface area contributed by atoms with Gasteiger partial charge in [-0.3, -0.25) is 19.2 Å². The molecule has 0 aliphatic carbocycles. The summed E-state index contributed by atoms with van der Waals surface area (Å²) in [5.74, 6) is -0.304. The first kappa shape index (κ1) is 39.7. The van der Waals surface area contributed by atoms with E-state index in [0.717, 1.165) is 34.4 Å². The maximum atomic E-state index is 13.7. The molecule has 0 radical (unpaired) electrons. The van der Waals surface area contributed by atoms with Gasteiger partial charge in [0.1, 0.15) is 21.7 Å². The third kappa shape index (κ3) is 8.52. The predicted octanol–water partition coefficient (Wildman–Crippen LogP) is 9.07. The Labute approximate surface area is 360 Å². The molecule has 2 atom stereocenters. The van der Waals surface area contributed by atoms with Gasteiger partial charge in [-0.2, -0.15) is 0 Å². The van der Waals surface area contributed by atoms with Crippen LogP contribution in [-0.4, -0.2) is 78.8 Å². The minimum absolute atomic E-state index is 0.141. The summed E-state index contributed by atoms with van der Waals surface area (Å²) >= 11 is 12.5. The molecule has 2 saturated heterocycles. The second-order valence-corrected chi connectivity index (χ2v) is 16.0. The number of benzene rings is 4. The minimum atomic E-state index is -0.270. The van der Waals surface area contributed by atoms with Crippen LogP contribution in [0.5, 0.6) is 0 Å². The van der Waals surface area contributed by atoms with E-state index in [0.29, 0.717) is 60.2 Å². The van der Waals surface area contributed by atoms with Crippen LogP contribution in [0.25, 0.3) is 44.5 Å². The highest BCUT2D eigenvalue weighted by molar-refractivity contribution is 6.31. The van der Waals surface area contributed by atoms with Gasteiger partial charge in [-0.1, -0.05) is 71.7 Å². The lowest BCUT2D eigenvalue weighted by atomic mass is 10.1. The van der Waals surface area contributed by atoms with E-state index in [2.05, 4.69) is 30.8 Å². The molecule has 5 heterocycles. The van der Waals surface area contributed by atoms with Crippen molar-refractivity contribution < 1.29 is 23.6 Å². The van der Waals surface area contributed by atoms with Gasteiger partial charge < -0.3 is 24.9 Å². The molecule has 0 saturated carbocycles. The average Bonchev–Trinajstić information content (AvgIpc) is 4.05. The normalized spacial score (nSPS) is 16.3. The van der Waals surface area contributed by atoms with E-state index in [1.54, 1.807) is 70.5 Å². The molecule has 3 aromatic heterocycles. The molecule has 61 heavy (non-hydrogen) atoms. The summed E-state index contributed by atoms with van der Waals surface area (Å²) in [5, 5.41) is 17.9. The van der Waals surface area contributed by atoms with Gasteiger partial charge in [-0.05, 0) is 97.1 Å². The molecular formula is C46H38Cl2N8O5. The molecule has 306 valence electrons. The van der Waals surface area contributed by atoms with Crippen LogP contribution in [0.1, 0.15) is 59.5 Å². The van der Waals surface area contributed by atoms with Gasteiger partial charge in [0.2, 0.25) is 23.6 Å². The SMILES string of the molecule is O=C(C[C@@H]1CCCN1C(=O)c1nc(Cl)cc2ccccc12)Nc1ccc(-c2nnc(-c3ccc(NC(=O)C[C@@H]4CCCN4C(=O)c4nc(Cl)cc5ccccc45)cc3)o2)cc1. The van der Waals surface area contributed by atoms with Crippen molar-refractivity contribution in [1.82, 2.24) is 30.0 Å². The van der Waals surface area contributed by atoms with Crippen LogP contribution >= 0.6 is 23.2 Å². The molecule has 15 heteroatoms. The fourth-order valence-corrected chi connectivity index (χ4v) is 8.67. The molecule has 0 spiro atoms. The first-order valence-electron chi connectivity index (χ1n) is 20.0. The van der Waals surface area contributed by atoms with Gasteiger partial charge in [0.25, 0.3) is 11.8 Å². The van der Waals surface area contributed by atoms with Crippen LogP contribution in [0.2, 0.25) is 10.3 Å². The number of nitrogens with one attached hydrogen (secondary N) is 2. The van der Waals surface area contributed by atoms with E-state index in [1.165, 1.54) is 0 Å². The van der Waals surface area contributed by atoms with Gasteiger partial charge in [0.15, 0.2) is 0 Å². The molecule has 0 bridgehead atoms. The van der Waals surface area contributed by atoms with Crippen LogP contribution in [0.3, 0.4) is 0 Å². The molecule has 4 amide bonds. The number of aromatic nitrogens is 4. The van der Waals surface area contributed by atoms with Crippen LogP contribution in [0.15, 0.2) is 114 Å². The zero-order chi connectivity index (χ0) is 42.0. The molecule has 2 aliphatic heterocycles. The fraction of sp³-hybridized carbons (Fsp3) is 0.217. The Kier molecular flexibility index (Phi) is 11.2. The zero-order valence-electron chi connectivity index (χ0n) is 32.7. The van der Waals surface area contributed by atoms with E-state index in [-0.39, 0.29) is 70.2 Å². The number of rotatable bonds is 10. The Hall–Kier alpha value is -6.70. The number of carbonyl (C=O) groups is 4. The van der Waals surface area contributed by atoms with Gasteiger partial charge in [-0.15, -0.1) is 10.2 Å². The number of likely N-dealkylation sites (tertiary alicyclic amines) is 2. The van der Waals surface area contributed by atoms with Crippen molar-refractivity contribution in [2.75, 3.05) is 23.7 Å². The minimum Gasteiger partial charge on any atom is -0.416 e. The quantitative estimate of drug-likeness (QED) is 0.128. The zero-order valence-corrected chi connectivity index (χ0v) is 34.2. The van der Waals surface area contributed by atoms with Gasteiger partial charge in [0, 0.05) is 71.3 Å². The molecule has 2 fully saturated rings. The smallest absolute Gasteiger partial charge is 0.273 e. The van der Waals surface area contributed by atoms with E-state index < -0.39 is 0 Å². The second kappa shape index (κ2) is 17.1. The van der Waals surface area contributed by atoms with Crippen LogP contribution in [0, 0.1) is 0 Å². The standard InChI is InChI=1S/C46H38Cl2N8O5/c47-37-23-29-7-1-3-11-35(29)41(51-37)45(59)55-21-5-9-33(55)25-39(57)49-31-17-13-27(14-18-31)43-53-54-44(61-43)28-15-19-32(20-16-28)50-40(58)26-34-10-6-22-56(34)46(60)42-36-12-4-2-8-30(36)24-38(48)52-42/h1-4,7-8,11-20,23-24,33-34H,5-6,9-10,21-22,25-26H2,(H,49,57)(H,50,58)/t33-,34-/m0/s1. The Morgan fingerprint density at radius 3 is 1.43 bits per heavy atom. The Morgan fingerprint density at radius 1 is 0.590 bits per heavy atom. The van der Waals surface area contributed by atoms with E-state index >= 15 is 0 Å². The summed E-state index contributed by atoms with van der Waals surface area (Å²) in [6.45, 7) is 1.07. The van der Waals surface area contributed by atoms with Crippen molar-refractivity contribution in [2.45, 2.75) is 50.6 Å². The molecule has 2 N–H and O–H groups in total. The molecular weight excluding hydrogens is 815 g/mol. The molecule has 13 nitrogen and oxygen atoms in total. The monoisotopic (exact) mass is 852 g/mol. The van der Waals surface area contributed by atoms with Crippen molar-refractivity contribution in [1.29, 1.82) is 0 Å². The predicted molar refractivity (Wildman–Crippen MR) is 233 cm³/mol. The topological polar surface area (TPSA) is 164 Å². The number of halogens is 2. The fourth-order valence-electron chi connectivity index (χ4n) is 8.26. The number of carbonyl (C=O) groups excluding carboxylic acids is 4. The van der Waals surface area contributed by atoms with E-state index in [9.17, 15) is 19.2 Å². The number of hydrogen-bond donors (Lipinski definition) is 2. The number of pyridine rings is 2. The largest absolute Gasteiger partial charge is 0.416 e. The highest BCUT2D eigenvalue weighted by atomic mass is 35.5. The summed E-state index contributed by atoms with van der Waals surface area (Å²) in [5.41, 5.74) is 3.07. The van der Waals surface area contributed by atoms with Gasteiger partial charge >= 0.3 is 0 Å². The van der Waals surface area contributed by atoms with Crippen molar-refractivity contribution in [3.8, 4) is 22.9 Å². The number of fused-ring (bicyclic) bond motifs is 2. The van der Waals surface area contributed by atoms with Crippen LogP contribution < -0.4 is 10.6 Å². The number of anilines is 2. The maximum Gasteiger partial charge on any atom is 0.273 e. The first-order valence-corrected chi connectivity index (χ1v) is 20.8. The molecule has 7 aromatic rings. The lowest BCUT2D eigenvalue weighted by Crippen LogP contribution is -2.38. The average molecular weight is 854 g/mol. The highest BCUT2D eigenvalue weighted by Gasteiger charge is 2.34. The highest BCUT2D eigenvalue weighted by Crippen LogP contribution is 2.31. The summed E-state index contributed by atoms with van der Waals surface area (Å²) in [7, 11) is 0. The lowest BCUT2D eigenvalue weighted by Gasteiger charge is -2.24. The summed E-state index contributed by atoms with van der Waals surface area (Å²) in [6.07, 6.45) is 3.27. The van der Waals surface area contributed by atoms with E-state index in [4.69, 9.17) is 27.6 Å². The van der Waals surface area contributed by atoms with Crippen molar-refractivity contribution in [3.63, 3.8) is 0 Å². The van der Waals surface area contributed by atoms with Crippen molar-refractivity contribution >= 4 is 79.8 Å². The third-order valence-electron chi connectivity index (χ3n) is 11.2. The molecule has 4 aromatic carbocycles. The second-order valence-electron chi connectivity index (χ2n) is 15.2. The summed E-state index contributed by atoms with van der Waals surface area (Å²) < 4.78 is 5.99. The number of nitrogens with zero attached hydrogens (tertiary/aromatic N) is 6. The Balaban J connectivity index is 0.782. The Bertz CT molecular complexity index is 2630. The molecule has 9 rings (SSSR count). The number of amides is 4. The molecule has 0 unspecified atom stereocenters.